The SMILES string of the molecule is NS(=O)(=O)c1cccnc1NCC1CCN(C(=O)c2ccccc2)CC1. The second-order valence-electron chi connectivity index (χ2n) is 6.38. The van der Waals surface area contributed by atoms with Crippen molar-refractivity contribution in [2.45, 2.75) is 17.7 Å². The fourth-order valence-electron chi connectivity index (χ4n) is 3.10. The van der Waals surface area contributed by atoms with E-state index in [1.165, 1.54) is 12.3 Å². The van der Waals surface area contributed by atoms with E-state index in [9.17, 15) is 13.2 Å². The van der Waals surface area contributed by atoms with E-state index in [2.05, 4.69) is 10.3 Å². The first-order valence-electron chi connectivity index (χ1n) is 8.51. The summed E-state index contributed by atoms with van der Waals surface area (Å²) < 4.78 is 23.2. The monoisotopic (exact) mass is 374 g/mol. The third-order valence-corrected chi connectivity index (χ3v) is 5.50. The van der Waals surface area contributed by atoms with Crippen molar-refractivity contribution >= 4 is 21.7 Å². The largest absolute Gasteiger partial charge is 0.369 e. The molecule has 1 aromatic carbocycles. The summed E-state index contributed by atoms with van der Waals surface area (Å²) >= 11 is 0. The van der Waals surface area contributed by atoms with Crippen molar-refractivity contribution < 1.29 is 13.2 Å². The van der Waals surface area contributed by atoms with Gasteiger partial charge in [-0.2, -0.15) is 0 Å². The second kappa shape index (κ2) is 7.84. The number of rotatable bonds is 5. The van der Waals surface area contributed by atoms with Crippen LogP contribution in [-0.2, 0) is 10.0 Å². The molecule has 0 bridgehead atoms. The number of carbonyl (C=O) groups excluding carboxylic acids is 1. The van der Waals surface area contributed by atoms with Gasteiger partial charge in [0.05, 0.1) is 0 Å². The molecule has 8 heteroatoms. The molecule has 0 atom stereocenters. The molecule has 0 saturated carbocycles. The van der Waals surface area contributed by atoms with Gasteiger partial charge in [-0.25, -0.2) is 18.5 Å². The van der Waals surface area contributed by atoms with Gasteiger partial charge in [0.25, 0.3) is 5.91 Å². The highest BCUT2D eigenvalue weighted by molar-refractivity contribution is 7.89. The lowest BCUT2D eigenvalue weighted by atomic mass is 9.96. The topological polar surface area (TPSA) is 105 Å². The Morgan fingerprint density at radius 1 is 1.15 bits per heavy atom. The van der Waals surface area contributed by atoms with Crippen LogP contribution in [-0.4, -0.2) is 43.8 Å². The van der Waals surface area contributed by atoms with Crippen molar-refractivity contribution in [3.63, 3.8) is 0 Å². The summed E-state index contributed by atoms with van der Waals surface area (Å²) in [5.41, 5.74) is 0.704. The Morgan fingerprint density at radius 2 is 1.85 bits per heavy atom. The van der Waals surface area contributed by atoms with Gasteiger partial charge in [-0.05, 0) is 43.0 Å². The smallest absolute Gasteiger partial charge is 0.253 e. The standard InChI is InChI=1S/C18H22N4O3S/c19-26(24,25)16-7-4-10-20-17(16)21-13-14-8-11-22(12-9-14)18(23)15-5-2-1-3-6-15/h1-7,10,14H,8-9,11-13H2,(H,20,21)(H2,19,24,25). The van der Waals surface area contributed by atoms with Gasteiger partial charge >= 0.3 is 0 Å². The molecule has 2 aromatic rings. The van der Waals surface area contributed by atoms with Crippen LogP contribution in [0.5, 0.6) is 0 Å². The number of carbonyl (C=O) groups is 1. The Bertz CT molecular complexity index is 863. The Kier molecular flexibility index (Phi) is 5.53. The maximum Gasteiger partial charge on any atom is 0.253 e. The van der Waals surface area contributed by atoms with Gasteiger partial charge in [-0.3, -0.25) is 4.79 Å². The molecule has 1 aliphatic rings. The number of nitrogens with zero attached hydrogens (tertiary/aromatic N) is 2. The molecule has 3 rings (SSSR count). The van der Waals surface area contributed by atoms with Crippen LogP contribution >= 0.6 is 0 Å². The third-order valence-electron chi connectivity index (χ3n) is 4.56. The zero-order chi connectivity index (χ0) is 18.6. The van der Waals surface area contributed by atoms with Crippen LogP contribution in [0.15, 0.2) is 53.6 Å². The van der Waals surface area contributed by atoms with E-state index in [0.29, 0.717) is 31.1 Å². The maximum atomic E-state index is 12.5. The molecule has 0 spiro atoms. The molecular weight excluding hydrogens is 352 g/mol. The Labute approximate surface area is 153 Å². The Balaban J connectivity index is 1.55. The van der Waals surface area contributed by atoms with Crippen LogP contribution in [0, 0.1) is 5.92 Å². The number of aromatic nitrogens is 1. The molecule has 138 valence electrons. The van der Waals surface area contributed by atoms with Crippen molar-refractivity contribution in [2.75, 3.05) is 25.0 Å². The summed E-state index contributed by atoms with van der Waals surface area (Å²) in [6.07, 6.45) is 3.23. The van der Waals surface area contributed by atoms with E-state index >= 15 is 0 Å². The van der Waals surface area contributed by atoms with Crippen LogP contribution in [0.2, 0.25) is 0 Å². The zero-order valence-corrected chi connectivity index (χ0v) is 15.2. The summed E-state index contributed by atoms with van der Waals surface area (Å²) in [5, 5.41) is 8.31. The summed E-state index contributed by atoms with van der Waals surface area (Å²) in [5.74, 6) is 0.668. The number of nitrogens with two attached hydrogens (primary N) is 1. The van der Waals surface area contributed by atoms with Crippen LogP contribution < -0.4 is 10.5 Å². The first-order chi connectivity index (χ1) is 12.4. The highest BCUT2D eigenvalue weighted by atomic mass is 32.2. The lowest BCUT2D eigenvalue weighted by molar-refractivity contribution is 0.0695. The summed E-state index contributed by atoms with van der Waals surface area (Å²) in [6.45, 7) is 1.96. The zero-order valence-electron chi connectivity index (χ0n) is 14.3. The maximum absolute atomic E-state index is 12.5. The summed E-state index contributed by atoms with van der Waals surface area (Å²) in [6, 6.07) is 12.2. The highest BCUT2D eigenvalue weighted by Crippen LogP contribution is 2.21. The molecule has 0 unspecified atom stereocenters. The van der Waals surface area contributed by atoms with Gasteiger partial charge in [-0.15, -0.1) is 0 Å². The summed E-state index contributed by atoms with van der Waals surface area (Å²) in [7, 11) is -3.81. The molecule has 26 heavy (non-hydrogen) atoms. The lowest BCUT2D eigenvalue weighted by Gasteiger charge is -2.32. The average molecular weight is 374 g/mol. The van der Waals surface area contributed by atoms with Gasteiger partial charge in [-0.1, -0.05) is 18.2 Å². The number of piperidine rings is 1. The molecule has 1 fully saturated rings. The molecule has 1 aliphatic heterocycles. The first-order valence-corrected chi connectivity index (χ1v) is 10.1. The predicted octanol–water partition coefficient (Wildman–Crippen LogP) is 1.69. The van der Waals surface area contributed by atoms with Gasteiger partial charge in [0.15, 0.2) is 0 Å². The Morgan fingerprint density at radius 3 is 2.50 bits per heavy atom. The van der Waals surface area contributed by atoms with E-state index in [-0.39, 0.29) is 16.6 Å². The number of amides is 1. The van der Waals surface area contributed by atoms with E-state index in [1.807, 2.05) is 35.2 Å². The second-order valence-corrected chi connectivity index (χ2v) is 7.91. The van der Waals surface area contributed by atoms with E-state index in [0.717, 1.165) is 12.8 Å². The number of hydrogen-bond acceptors (Lipinski definition) is 5. The summed E-state index contributed by atoms with van der Waals surface area (Å²) in [4.78, 5) is 18.4. The molecule has 1 saturated heterocycles. The number of likely N-dealkylation sites (tertiary alicyclic amines) is 1. The van der Waals surface area contributed by atoms with Crippen molar-refractivity contribution in [2.24, 2.45) is 11.1 Å². The normalized spacial score (nSPS) is 15.7. The minimum Gasteiger partial charge on any atom is -0.369 e. The van der Waals surface area contributed by atoms with Crippen molar-refractivity contribution in [1.29, 1.82) is 0 Å². The first kappa shape index (κ1) is 18.3. The highest BCUT2D eigenvalue weighted by Gasteiger charge is 2.24. The van der Waals surface area contributed by atoms with Gasteiger partial charge in [0.1, 0.15) is 10.7 Å². The van der Waals surface area contributed by atoms with E-state index in [4.69, 9.17) is 5.14 Å². The fourth-order valence-corrected chi connectivity index (χ4v) is 3.76. The predicted molar refractivity (Wildman–Crippen MR) is 99.2 cm³/mol. The molecule has 1 aromatic heterocycles. The molecule has 0 aliphatic carbocycles. The van der Waals surface area contributed by atoms with Crippen LogP contribution in [0.4, 0.5) is 5.82 Å². The van der Waals surface area contributed by atoms with E-state index < -0.39 is 10.0 Å². The molecule has 2 heterocycles. The number of pyridine rings is 1. The number of sulfonamides is 1. The molecule has 7 nitrogen and oxygen atoms in total. The van der Waals surface area contributed by atoms with Crippen molar-refractivity contribution in [3.05, 3.63) is 54.2 Å². The molecule has 1 amide bonds. The minimum atomic E-state index is -3.81. The van der Waals surface area contributed by atoms with E-state index in [1.54, 1.807) is 6.07 Å². The number of primary sulfonamides is 1. The molecule has 0 radical (unpaired) electrons. The van der Waals surface area contributed by atoms with Gasteiger partial charge in [0, 0.05) is 31.4 Å². The third kappa shape index (κ3) is 4.39. The average Bonchev–Trinajstić information content (AvgIpc) is 2.66. The fraction of sp³-hybridized carbons (Fsp3) is 0.333. The van der Waals surface area contributed by atoms with Crippen molar-refractivity contribution in [3.8, 4) is 0 Å². The number of nitrogens with one attached hydrogen (secondary N) is 1. The molecular formula is C18H22N4O3S. The van der Waals surface area contributed by atoms with Crippen molar-refractivity contribution in [1.82, 2.24) is 9.88 Å². The van der Waals surface area contributed by atoms with Gasteiger partial charge < -0.3 is 10.2 Å². The number of anilines is 1. The minimum absolute atomic E-state index is 0.00306. The van der Waals surface area contributed by atoms with Crippen LogP contribution in [0.3, 0.4) is 0 Å². The van der Waals surface area contributed by atoms with Crippen LogP contribution in [0.25, 0.3) is 0 Å². The van der Waals surface area contributed by atoms with Gasteiger partial charge in [0.2, 0.25) is 10.0 Å². The Hall–Kier alpha value is -2.45. The molecule has 3 N–H and O–H groups in total. The lowest BCUT2D eigenvalue weighted by Crippen LogP contribution is -2.40. The number of benzene rings is 1. The quantitative estimate of drug-likeness (QED) is 0.828. The van der Waals surface area contributed by atoms with Crippen LogP contribution in [0.1, 0.15) is 23.2 Å². The number of hydrogen-bond donors (Lipinski definition) is 2.